The maximum absolute atomic E-state index is 13.4. The first-order chi connectivity index (χ1) is 9.38. The normalized spacial score (nSPS) is 12.7. The highest BCUT2D eigenvalue weighted by Crippen LogP contribution is 2.26. The van der Waals surface area contributed by atoms with E-state index in [1.165, 1.54) is 19.1 Å². The Labute approximate surface area is 117 Å². The van der Waals surface area contributed by atoms with Crippen LogP contribution in [0.5, 0.6) is 0 Å². The van der Waals surface area contributed by atoms with Crippen LogP contribution >= 0.6 is 0 Å². The molecule has 0 fully saturated rings. The van der Waals surface area contributed by atoms with E-state index in [-0.39, 0.29) is 23.4 Å². The molecule has 0 radical (unpaired) electrons. The Bertz CT molecular complexity index is 614. The lowest BCUT2D eigenvalue weighted by molar-refractivity contribution is -0.119. The second kappa shape index (κ2) is 5.53. The molecule has 0 spiro atoms. The van der Waals surface area contributed by atoms with Crippen LogP contribution in [0.2, 0.25) is 0 Å². The molecular formula is C15H17FN2O2. The summed E-state index contributed by atoms with van der Waals surface area (Å²) in [6.45, 7) is 7.13. The minimum absolute atomic E-state index is 0.0226. The number of carbonyl (C=O) groups excluding carboxylic acids is 1. The number of ketones is 1. The van der Waals surface area contributed by atoms with Crippen molar-refractivity contribution < 1.29 is 13.7 Å². The van der Waals surface area contributed by atoms with E-state index < -0.39 is 5.92 Å². The Morgan fingerprint density at radius 2 is 2.00 bits per heavy atom. The molecule has 1 aromatic carbocycles. The first kappa shape index (κ1) is 14.4. The largest absolute Gasteiger partial charge is 0.338 e. The van der Waals surface area contributed by atoms with E-state index in [9.17, 15) is 9.18 Å². The van der Waals surface area contributed by atoms with Gasteiger partial charge in [0.1, 0.15) is 11.6 Å². The summed E-state index contributed by atoms with van der Waals surface area (Å²) >= 11 is 0. The number of carbonyl (C=O) groups is 1. The van der Waals surface area contributed by atoms with E-state index in [0.29, 0.717) is 11.4 Å². The minimum Gasteiger partial charge on any atom is -0.338 e. The van der Waals surface area contributed by atoms with Gasteiger partial charge in [0.2, 0.25) is 11.7 Å². The molecule has 1 unspecified atom stereocenters. The zero-order chi connectivity index (χ0) is 14.9. The molecule has 5 heteroatoms. The first-order valence-corrected chi connectivity index (χ1v) is 6.50. The number of rotatable bonds is 4. The van der Waals surface area contributed by atoms with Gasteiger partial charge in [-0.3, -0.25) is 4.79 Å². The van der Waals surface area contributed by atoms with Gasteiger partial charge in [-0.25, -0.2) is 4.39 Å². The van der Waals surface area contributed by atoms with Crippen LogP contribution in [0.4, 0.5) is 4.39 Å². The number of aryl methyl sites for hydroxylation is 1. The smallest absolute Gasteiger partial charge is 0.237 e. The second-order valence-corrected chi connectivity index (χ2v) is 5.31. The minimum atomic E-state index is -0.425. The van der Waals surface area contributed by atoms with Crippen LogP contribution < -0.4 is 0 Å². The van der Waals surface area contributed by atoms with Crippen LogP contribution in [0.15, 0.2) is 22.7 Å². The summed E-state index contributed by atoms with van der Waals surface area (Å²) in [6.07, 6.45) is 0. The molecule has 1 aromatic heterocycles. The summed E-state index contributed by atoms with van der Waals surface area (Å²) in [6, 6.07) is 4.55. The van der Waals surface area contributed by atoms with Gasteiger partial charge in [-0.05, 0) is 43.5 Å². The molecule has 2 rings (SSSR count). The zero-order valence-corrected chi connectivity index (χ0v) is 12.0. The van der Waals surface area contributed by atoms with Crippen molar-refractivity contribution in [2.24, 2.45) is 5.92 Å². The quantitative estimate of drug-likeness (QED) is 0.857. The Morgan fingerprint density at radius 3 is 2.55 bits per heavy atom. The summed E-state index contributed by atoms with van der Waals surface area (Å²) in [4.78, 5) is 15.9. The van der Waals surface area contributed by atoms with Crippen molar-refractivity contribution >= 4 is 5.78 Å². The number of benzene rings is 1. The van der Waals surface area contributed by atoms with Gasteiger partial charge in [0.25, 0.3) is 0 Å². The maximum Gasteiger partial charge on any atom is 0.237 e. The third-order valence-electron chi connectivity index (χ3n) is 3.11. The monoisotopic (exact) mass is 276 g/mol. The Balaban J connectivity index is 2.39. The number of Topliss-reactive ketones (excluding diaryl/α,β-unsaturated/α-hetero) is 1. The number of nitrogens with zero attached hydrogens (tertiary/aromatic N) is 2. The maximum atomic E-state index is 13.4. The van der Waals surface area contributed by atoms with Gasteiger partial charge in [0.15, 0.2) is 0 Å². The van der Waals surface area contributed by atoms with Crippen molar-refractivity contribution in [2.45, 2.75) is 33.6 Å². The summed E-state index contributed by atoms with van der Waals surface area (Å²) < 4.78 is 18.6. The predicted molar refractivity (Wildman–Crippen MR) is 72.7 cm³/mol. The van der Waals surface area contributed by atoms with Crippen LogP contribution in [-0.4, -0.2) is 15.9 Å². The molecule has 0 bridgehead atoms. The molecular weight excluding hydrogens is 259 g/mol. The molecule has 20 heavy (non-hydrogen) atoms. The van der Waals surface area contributed by atoms with E-state index >= 15 is 0 Å². The molecule has 0 amide bonds. The van der Waals surface area contributed by atoms with Crippen molar-refractivity contribution in [3.8, 4) is 11.4 Å². The molecule has 0 aliphatic carbocycles. The Morgan fingerprint density at radius 1 is 1.30 bits per heavy atom. The van der Waals surface area contributed by atoms with Crippen molar-refractivity contribution in [3.05, 3.63) is 35.5 Å². The summed E-state index contributed by atoms with van der Waals surface area (Å²) in [5, 5.41) is 3.85. The standard InChI is InChI=1S/C15H17FN2O2/c1-8(2)13(10(4)19)15-17-14(18-20-15)11-5-9(3)6-12(16)7-11/h5-8,13H,1-4H3. The molecule has 0 N–H and O–H groups in total. The van der Waals surface area contributed by atoms with Gasteiger partial charge in [-0.2, -0.15) is 4.98 Å². The number of aromatic nitrogens is 2. The Hall–Kier alpha value is -2.04. The van der Waals surface area contributed by atoms with Crippen molar-refractivity contribution in [1.82, 2.24) is 10.1 Å². The predicted octanol–water partition coefficient (Wildman–Crippen LogP) is 3.51. The number of hydrogen-bond acceptors (Lipinski definition) is 4. The van der Waals surface area contributed by atoms with Gasteiger partial charge in [-0.1, -0.05) is 19.0 Å². The van der Waals surface area contributed by atoms with E-state index in [0.717, 1.165) is 5.56 Å². The van der Waals surface area contributed by atoms with E-state index in [1.54, 1.807) is 13.0 Å². The van der Waals surface area contributed by atoms with Gasteiger partial charge >= 0.3 is 0 Å². The van der Waals surface area contributed by atoms with Crippen LogP contribution in [-0.2, 0) is 4.79 Å². The summed E-state index contributed by atoms with van der Waals surface area (Å²) in [5.74, 6) is -0.149. The lowest BCUT2D eigenvalue weighted by Gasteiger charge is -2.12. The fourth-order valence-corrected chi connectivity index (χ4v) is 2.27. The second-order valence-electron chi connectivity index (χ2n) is 5.31. The summed E-state index contributed by atoms with van der Waals surface area (Å²) in [7, 11) is 0. The first-order valence-electron chi connectivity index (χ1n) is 6.50. The average molecular weight is 276 g/mol. The van der Waals surface area contributed by atoms with Crippen molar-refractivity contribution in [2.75, 3.05) is 0 Å². The third kappa shape index (κ3) is 2.92. The number of halogens is 1. The molecule has 4 nitrogen and oxygen atoms in total. The molecule has 0 aliphatic rings. The zero-order valence-electron chi connectivity index (χ0n) is 12.0. The van der Waals surface area contributed by atoms with E-state index in [4.69, 9.17) is 4.52 Å². The third-order valence-corrected chi connectivity index (χ3v) is 3.11. The SMILES string of the molecule is CC(=O)C(c1nc(-c2cc(C)cc(F)c2)no1)C(C)C. The molecule has 1 heterocycles. The number of hydrogen-bond donors (Lipinski definition) is 0. The van der Waals surface area contributed by atoms with Gasteiger partial charge in [0, 0.05) is 5.56 Å². The summed E-state index contributed by atoms with van der Waals surface area (Å²) in [5.41, 5.74) is 1.32. The van der Waals surface area contributed by atoms with Crippen molar-refractivity contribution in [1.29, 1.82) is 0 Å². The van der Waals surface area contributed by atoms with Crippen LogP contribution in [0.25, 0.3) is 11.4 Å². The van der Waals surface area contributed by atoms with Gasteiger partial charge in [-0.15, -0.1) is 0 Å². The van der Waals surface area contributed by atoms with Gasteiger partial charge < -0.3 is 4.52 Å². The highest BCUT2D eigenvalue weighted by Gasteiger charge is 2.27. The van der Waals surface area contributed by atoms with Crippen molar-refractivity contribution in [3.63, 3.8) is 0 Å². The lowest BCUT2D eigenvalue weighted by Crippen LogP contribution is -2.15. The van der Waals surface area contributed by atoms with E-state index in [2.05, 4.69) is 10.1 Å². The van der Waals surface area contributed by atoms with Crippen LogP contribution in [0.3, 0.4) is 0 Å². The molecule has 0 saturated carbocycles. The fourth-order valence-electron chi connectivity index (χ4n) is 2.27. The average Bonchev–Trinajstić information content (AvgIpc) is 2.75. The molecule has 0 aliphatic heterocycles. The molecule has 2 aromatic rings. The van der Waals surface area contributed by atoms with Gasteiger partial charge in [0.05, 0.1) is 5.92 Å². The fraction of sp³-hybridized carbons (Fsp3) is 0.400. The van der Waals surface area contributed by atoms with Crippen LogP contribution in [0, 0.1) is 18.7 Å². The van der Waals surface area contributed by atoms with Crippen LogP contribution in [0.1, 0.15) is 38.1 Å². The Kier molecular flexibility index (Phi) is 3.97. The lowest BCUT2D eigenvalue weighted by atomic mass is 9.92. The highest BCUT2D eigenvalue weighted by molar-refractivity contribution is 5.82. The van der Waals surface area contributed by atoms with E-state index in [1.807, 2.05) is 13.8 Å². The molecule has 1 atom stereocenters. The topological polar surface area (TPSA) is 56.0 Å². The molecule has 106 valence electrons. The molecule has 0 saturated heterocycles. The highest BCUT2D eigenvalue weighted by atomic mass is 19.1.